The first-order chi connectivity index (χ1) is 17.1. The van der Waals surface area contributed by atoms with Crippen LogP contribution in [0.3, 0.4) is 0 Å². The van der Waals surface area contributed by atoms with Crippen molar-refractivity contribution in [1.82, 2.24) is 0 Å². The van der Waals surface area contributed by atoms with Gasteiger partial charge in [0.25, 0.3) is 0 Å². The fourth-order valence-electron chi connectivity index (χ4n) is 3.92. The number of alkyl halides is 12. The van der Waals surface area contributed by atoms with Gasteiger partial charge in [0.15, 0.2) is 0 Å². The highest BCUT2D eigenvalue weighted by atomic mass is 19.4. The standard InChI is InChI=1S/C23H15F12NO2/c1-11(37)38-9-13-3-2-12(4-17(13)22(30,31)32)18-8-19(10-36-18,23(33,34)35)14-5-15(20(24,25)26)7-16(6-14)21(27,28)29/h2-7H,8-10H2,1H3. The van der Waals surface area contributed by atoms with Gasteiger partial charge in [-0.25, -0.2) is 0 Å². The van der Waals surface area contributed by atoms with Crippen molar-refractivity contribution in [1.29, 1.82) is 0 Å². The van der Waals surface area contributed by atoms with Crippen molar-refractivity contribution in [2.75, 3.05) is 6.54 Å². The van der Waals surface area contributed by atoms with E-state index >= 15 is 0 Å². The van der Waals surface area contributed by atoms with E-state index in [1.807, 2.05) is 0 Å². The third-order valence-corrected chi connectivity index (χ3v) is 5.87. The van der Waals surface area contributed by atoms with Gasteiger partial charge < -0.3 is 4.74 Å². The predicted octanol–water partition coefficient (Wildman–Crippen LogP) is 7.50. The van der Waals surface area contributed by atoms with Gasteiger partial charge in [-0.1, -0.05) is 12.1 Å². The Kier molecular flexibility index (Phi) is 7.32. The highest BCUT2D eigenvalue weighted by molar-refractivity contribution is 6.03. The van der Waals surface area contributed by atoms with Crippen LogP contribution in [0.25, 0.3) is 0 Å². The summed E-state index contributed by atoms with van der Waals surface area (Å²) in [7, 11) is 0. The minimum atomic E-state index is -5.44. The molecule has 3 nitrogen and oxygen atoms in total. The first-order valence-electron chi connectivity index (χ1n) is 10.4. The number of hydrogen-bond acceptors (Lipinski definition) is 3. The Balaban J connectivity index is 2.12. The van der Waals surface area contributed by atoms with Gasteiger partial charge in [0, 0.05) is 24.6 Å². The molecule has 3 rings (SSSR count). The van der Waals surface area contributed by atoms with Crippen molar-refractivity contribution < 1.29 is 62.2 Å². The second-order valence-corrected chi connectivity index (χ2v) is 8.46. The lowest BCUT2D eigenvalue weighted by molar-refractivity contribution is -0.184. The van der Waals surface area contributed by atoms with Crippen molar-refractivity contribution in [2.24, 2.45) is 4.99 Å². The molecule has 208 valence electrons. The molecule has 0 bridgehead atoms. The fraction of sp³-hybridized carbons (Fsp3) is 0.391. The maximum absolute atomic E-state index is 14.3. The van der Waals surface area contributed by atoms with Gasteiger partial charge >= 0.3 is 30.7 Å². The summed E-state index contributed by atoms with van der Waals surface area (Å²) in [6.45, 7) is -1.24. The molecular weight excluding hydrogens is 550 g/mol. The molecule has 0 aromatic heterocycles. The molecule has 1 atom stereocenters. The molecule has 38 heavy (non-hydrogen) atoms. The quantitative estimate of drug-likeness (QED) is 0.285. The molecule has 0 fully saturated rings. The molecule has 2 aromatic rings. The fourth-order valence-corrected chi connectivity index (χ4v) is 3.92. The van der Waals surface area contributed by atoms with Crippen molar-refractivity contribution >= 4 is 11.7 Å². The number of esters is 1. The topological polar surface area (TPSA) is 38.7 Å². The van der Waals surface area contributed by atoms with Crippen LogP contribution in [0.15, 0.2) is 41.4 Å². The zero-order chi connectivity index (χ0) is 28.9. The lowest BCUT2D eigenvalue weighted by Gasteiger charge is -2.32. The van der Waals surface area contributed by atoms with E-state index in [2.05, 4.69) is 9.73 Å². The molecule has 0 radical (unpaired) electrons. The molecule has 1 heterocycles. The molecule has 0 saturated carbocycles. The highest BCUT2D eigenvalue weighted by Gasteiger charge is 2.59. The van der Waals surface area contributed by atoms with E-state index in [0.29, 0.717) is 6.07 Å². The van der Waals surface area contributed by atoms with Crippen LogP contribution in [0.1, 0.15) is 46.7 Å². The number of hydrogen-bond donors (Lipinski definition) is 0. The first kappa shape index (κ1) is 29.3. The van der Waals surface area contributed by atoms with Crippen LogP contribution < -0.4 is 0 Å². The van der Waals surface area contributed by atoms with Crippen LogP contribution >= 0.6 is 0 Å². The Morgan fingerprint density at radius 2 is 1.39 bits per heavy atom. The van der Waals surface area contributed by atoms with Crippen LogP contribution in [-0.2, 0) is 40.1 Å². The van der Waals surface area contributed by atoms with E-state index in [0.717, 1.165) is 19.1 Å². The summed E-state index contributed by atoms with van der Waals surface area (Å²) in [4.78, 5) is 14.6. The normalized spacial score (nSPS) is 18.9. The summed E-state index contributed by atoms with van der Waals surface area (Å²) >= 11 is 0. The number of rotatable bonds is 4. The first-order valence-corrected chi connectivity index (χ1v) is 10.4. The molecule has 2 aromatic carbocycles. The highest BCUT2D eigenvalue weighted by Crippen LogP contribution is 2.50. The molecule has 1 aliphatic heterocycles. The number of benzene rings is 2. The Bertz CT molecular complexity index is 1220. The zero-order valence-corrected chi connectivity index (χ0v) is 18.9. The van der Waals surface area contributed by atoms with Crippen LogP contribution in [-0.4, -0.2) is 24.4 Å². The van der Waals surface area contributed by atoms with E-state index in [-0.39, 0.29) is 18.2 Å². The largest absolute Gasteiger partial charge is 0.461 e. The lowest BCUT2D eigenvalue weighted by Crippen LogP contribution is -2.44. The van der Waals surface area contributed by atoms with E-state index < -0.39 is 94.8 Å². The van der Waals surface area contributed by atoms with E-state index in [1.54, 1.807) is 0 Å². The number of carbonyl (C=O) groups is 1. The maximum atomic E-state index is 14.3. The van der Waals surface area contributed by atoms with Gasteiger partial charge in [0.1, 0.15) is 12.0 Å². The van der Waals surface area contributed by atoms with Crippen molar-refractivity contribution in [3.05, 3.63) is 69.8 Å². The van der Waals surface area contributed by atoms with Gasteiger partial charge in [0.05, 0.1) is 23.2 Å². The molecule has 0 amide bonds. The summed E-state index contributed by atoms with van der Waals surface area (Å²) in [5.74, 6) is -0.906. The third kappa shape index (κ3) is 5.90. The second-order valence-electron chi connectivity index (χ2n) is 8.46. The van der Waals surface area contributed by atoms with E-state index in [1.165, 1.54) is 0 Å². The van der Waals surface area contributed by atoms with Crippen molar-refractivity contribution in [3.8, 4) is 0 Å². The summed E-state index contributed by atoms with van der Waals surface area (Å²) in [6.07, 6.45) is -22.7. The van der Waals surface area contributed by atoms with Gasteiger partial charge in [-0.15, -0.1) is 0 Å². The summed E-state index contributed by atoms with van der Waals surface area (Å²) in [5.41, 5.74) is -11.7. The average Bonchev–Trinajstić information content (AvgIpc) is 3.22. The smallest absolute Gasteiger partial charge is 0.416 e. The van der Waals surface area contributed by atoms with Gasteiger partial charge in [0.2, 0.25) is 0 Å². The second kappa shape index (κ2) is 9.49. The zero-order valence-electron chi connectivity index (χ0n) is 18.9. The van der Waals surface area contributed by atoms with Crippen LogP contribution in [0, 0.1) is 0 Å². The minimum absolute atomic E-state index is 0.0650. The SMILES string of the molecule is CC(=O)OCc1ccc(C2=NCC(c3cc(C(F)(F)F)cc(C(F)(F)F)c3)(C(F)(F)F)C2)cc1C(F)(F)F. The Morgan fingerprint density at radius 1 is 0.842 bits per heavy atom. The summed E-state index contributed by atoms with van der Waals surface area (Å²) in [6, 6.07) is 1.73. The van der Waals surface area contributed by atoms with Crippen LogP contribution in [0.5, 0.6) is 0 Å². The molecule has 15 heteroatoms. The number of aliphatic imine (C=N–C) groups is 1. The van der Waals surface area contributed by atoms with Crippen LogP contribution in [0.2, 0.25) is 0 Å². The number of nitrogens with zero attached hydrogens (tertiary/aromatic N) is 1. The molecule has 1 aliphatic rings. The number of halogens is 12. The molecular formula is C23H15F12NO2. The molecule has 0 aliphatic carbocycles. The van der Waals surface area contributed by atoms with E-state index in [9.17, 15) is 57.5 Å². The molecule has 1 unspecified atom stereocenters. The lowest BCUT2D eigenvalue weighted by atomic mass is 9.75. The molecule has 0 N–H and O–H groups in total. The predicted molar refractivity (Wildman–Crippen MR) is 107 cm³/mol. The summed E-state index contributed by atoms with van der Waals surface area (Å²) < 4.78 is 168. The van der Waals surface area contributed by atoms with Crippen molar-refractivity contribution in [2.45, 2.75) is 50.1 Å². The average molecular weight is 565 g/mol. The van der Waals surface area contributed by atoms with Crippen LogP contribution in [0.4, 0.5) is 52.7 Å². The molecule has 0 saturated heterocycles. The Labute approximate surface area is 206 Å². The Morgan fingerprint density at radius 3 is 1.84 bits per heavy atom. The minimum Gasteiger partial charge on any atom is -0.461 e. The summed E-state index contributed by atoms with van der Waals surface area (Å²) in [5, 5.41) is 0. The van der Waals surface area contributed by atoms with Crippen molar-refractivity contribution in [3.63, 3.8) is 0 Å². The van der Waals surface area contributed by atoms with Gasteiger partial charge in [-0.3, -0.25) is 9.79 Å². The van der Waals surface area contributed by atoms with Gasteiger partial charge in [-0.2, -0.15) is 52.7 Å². The maximum Gasteiger partial charge on any atom is 0.416 e. The monoisotopic (exact) mass is 565 g/mol. The third-order valence-electron chi connectivity index (χ3n) is 5.87. The molecule has 0 spiro atoms. The van der Waals surface area contributed by atoms with Gasteiger partial charge in [-0.05, 0) is 35.4 Å². The Hall–Kier alpha value is -3.26. The van der Waals surface area contributed by atoms with E-state index in [4.69, 9.17) is 0 Å². The number of carbonyl (C=O) groups excluding carboxylic acids is 1. The number of ether oxygens (including phenoxy) is 1.